The molecule has 0 heterocycles. The Balaban J connectivity index is 2.57. The number of alkyl halides is 3. The van der Waals surface area contributed by atoms with Crippen molar-refractivity contribution >= 4 is 17.6 Å². The summed E-state index contributed by atoms with van der Waals surface area (Å²) in [5, 5.41) is 18.4. The highest BCUT2D eigenvalue weighted by Crippen LogP contribution is 2.33. The van der Waals surface area contributed by atoms with E-state index in [1.165, 1.54) is 42.5 Å². The molecule has 22 heavy (non-hydrogen) atoms. The van der Waals surface area contributed by atoms with Gasteiger partial charge in [0.1, 0.15) is 5.75 Å². The van der Waals surface area contributed by atoms with Crippen LogP contribution in [0.5, 0.6) is 5.75 Å². The summed E-state index contributed by atoms with van der Waals surface area (Å²) in [6, 6.07) is 9.91. The quantitative estimate of drug-likeness (QED) is 0.664. The van der Waals surface area contributed by atoms with Gasteiger partial charge in [-0.3, -0.25) is 0 Å². The van der Waals surface area contributed by atoms with Crippen LogP contribution in [0.2, 0.25) is 0 Å². The lowest BCUT2D eigenvalue weighted by atomic mass is 9.99. The van der Waals surface area contributed by atoms with E-state index in [1.807, 2.05) is 0 Å². The molecular formula is C16H11F3O3. The second-order valence-corrected chi connectivity index (χ2v) is 4.50. The number of carbonyl (C=O) groups is 1. The predicted molar refractivity (Wildman–Crippen MR) is 75.1 cm³/mol. The standard InChI is InChI=1S/C16H11F3O3/c17-16(18,19)14-4-2-1-3-11(14)9-13(15(21)22)10-5-7-12(20)8-6-10/h1-9,20H,(H,21,22)/b13-9-. The Morgan fingerprint density at radius 2 is 1.59 bits per heavy atom. The van der Waals surface area contributed by atoms with Gasteiger partial charge in [0.25, 0.3) is 0 Å². The number of aromatic hydroxyl groups is 1. The van der Waals surface area contributed by atoms with E-state index >= 15 is 0 Å². The molecule has 2 N–H and O–H groups in total. The number of carboxylic acid groups (broad SMARTS) is 1. The molecule has 0 aliphatic rings. The topological polar surface area (TPSA) is 57.5 Å². The molecule has 114 valence electrons. The molecule has 0 amide bonds. The zero-order chi connectivity index (χ0) is 16.3. The molecule has 2 aromatic rings. The van der Waals surface area contributed by atoms with Crippen molar-refractivity contribution in [1.82, 2.24) is 0 Å². The second kappa shape index (κ2) is 5.93. The number of aliphatic carboxylic acids is 1. The van der Waals surface area contributed by atoms with Crippen molar-refractivity contribution in [1.29, 1.82) is 0 Å². The number of hydrogen-bond acceptors (Lipinski definition) is 2. The van der Waals surface area contributed by atoms with Gasteiger partial charge in [0.2, 0.25) is 0 Å². The van der Waals surface area contributed by atoms with E-state index in [9.17, 15) is 28.2 Å². The SMILES string of the molecule is O=C(O)/C(=C\c1ccccc1C(F)(F)F)c1ccc(O)cc1. The number of rotatable bonds is 3. The fourth-order valence-corrected chi connectivity index (χ4v) is 1.95. The van der Waals surface area contributed by atoms with E-state index < -0.39 is 17.7 Å². The summed E-state index contributed by atoms with van der Waals surface area (Å²) < 4.78 is 38.8. The van der Waals surface area contributed by atoms with Gasteiger partial charge in [-0.1, -0.05) is 30.3 Å². The molecule has 0 aliphatic carbocycles. The molecule has 0 spiro atoms. The lowest BCUT2D eigenvalue weighted by Crippen LogP contribution is -2.08. The Kier molecular flexibility index (Phi) is 4.21. The average Bonchev–Trinajstić information content (AvgIpc) is 2.45. The summed E-state index contributed by atoms with van der Waals surface area (Å²) >= 11 is 0. The number of carboxylic acids is 1. The minimum atomic E-state index is -4.58. The van der Waals surface area contributed by atoms with Crippen LogP contribution in [-0.2, 0) is 11.0 Å². The lowest BCUT2D eigenvalue weighted by Gasteiger charge is -2.11. The van der Waals surface area contributed by atoms with Crippen LogP contribution in [0.1, 0.15) is 16.7 Å². The highest BCUT2D eigenvalue weighted by molar-refractivity contribution is 6.20. The Hall–Kier alpha value is -2.76. The first-order valence-electron chi connectivity index (χ1n) is 6.19. The molecule has 0 aliphatic heterocycles. The summed E-state index contributed by atoms with van der Waals surface area (Å²) in [5.74, 6) is -1.42. The van der Waals surface area contributed by atoms with Crippen LogP contribution in [0.25, 0.3) is 11.6 Å². The second-order valence-electron chi connectivity index (χ2n) is 4.50. The van der Waals surface area contributed by atoms with Crippen LogP contribution in [0, 0.1) is 0 Å². The van der Waals surface area contributed by atoms with Crippen molar-refractivity contribution in [3.8, 4) is 5.75 Å². The third-order valence-electron chi connectivity index (χ3n) is 2.97. The molecule has 2 aromatic carbocycles. The number of phenolic OH excluding ortho intramolecular Hbond substituents is 1. The van der Waals surface area contributed by atoms with E-state index in [0.29, 0.717) is 0 Å². The first kappa shape index (κ1) is 15.6. The minimum absolute atomic E-state index is 0.0656. The van der Waals surface area contributed by atoms with Crippen LogP contribution >= 0.6 is 0 Å². The van der Waals surface area contributed by atoms with Crippen LogP contribution in [0.3, 0.4) is 0 Å². The zero-order valence-corrected chi connectivity index (χ0v) is 11.1. The van der Waals surface area contributed by atoms with Crippen LogP contribution in [-0.4, -0.2) is 16.2 Å². The maximum atomic E-state index is 12.9. The number of benzene rings is 2. The van der Waals surface area contributed by atoms with Gasteiger partial charge in [-0.2, -0.15) is 13.2 Å². The van der Waals surface area contributed by atoms with E-state index in [1.54, 1.807) is 0 Å². The van der Waals surface area contributed by atoms with Crippen LogP contribution < -0.4 is 0 Å². The van der Waals surface area contributed by atoms with E-state index in [-0.39, 0.29) is 22.4 Å². The van der Waals surface area contributed by atoms with Crippen molar-refractivity contribution in [3.63, 3.8) is 0 Å². The molecule has 0 aromatic heterocycles. The van der Waals surface area contributed by atoms with Gasteiger partial charge >= 0.3 is 12.1 Å². The highest BCUT2D eigenvalue weighted by Gasteiger charge is 2.32. The van der Waals surface area contributed by atoms with Crippen LogP contribution in [0.15, 0.2) is 48.5 Å². The maximum Gasteiger partial charge on any atom is 0.416 e. The molecule has 0 atom stereocenters. The Morgan fingerprint density at radius 3 is 2.14 bits per heavy atom. The molecule has 3 nitrogen and oxygen atoms in total. The molecule has 0 bridgehead atoms. The summed E-state index contributed by atoms with van der Waals surface area (Å²) in [5.41, 5.74) is -1.24. The number of phenols is 1. The normalized spacial score (nSPS) is 12.2. The van der Waals surface area contributed by atoms with Gasteiger partial charge < -0.3 is 10.2 Å². The van der Waals surface area contributed by atoms with Crippen molar-refractivity contribution < 1.29 is 28.2 Å². The first-order chi connectivity index (χ1) is 10.3. The Bertz CT molecular complexity index is 716. The molecule has 0 saturated heterocycles. The summed E-state index contributed by atoms with van der Waals surface area (Å²) in [4.78, 5) is 11.3. The molecular weight excluding hydrogens is 297 g/mol. The van der Waals surface area contributed by atoms with Crippen molar-refractivity contribution in [2.75, 3.05) is 0 Å². The minimum Gasteiger partial charge on any atom is -0.508 e. The molecule has 0 saturated carbocycles. The van der Waals surface area contributed by atoms with E-state index in [2.05, 4.69) is 0 Å². The fraction of sp³-hybridized carbons (Fsp3) is 0.0625. The van der Waals surface area contributed by atoms with E-state index in [0.717, 1.165) is 12.1 Å². The largest absolute Gasteiger partial charge is 0.508 e. The monoisotopic (exact) mass is 308 g/mol. The Morgan fingerprint density at radius 1 is 1.00 bits per heavy atom. The highest BCUT2D eigenvalue weighted by atomic mass is 19.4. The fourth-order valence-electron chi connectivity index (χ4n) is 1.95. The molecule has 0 unspecified atom stereocenters. The summed E-state index contributed by atoms with van der Waals surface area (Å²) in [7, 11) is 0. The third kappa shape index (κ3) is 3.46. The lowest BCUT2D eigenvalue weighted by molar-refractivity contribution is -0.137. The van der Waals surface area contributed by atoms with Crippen molar-refractivity contribution in [2.45, 2.75) is 6.18 Å². The zero-order valence-electron chi connectivity index (χ0n) is 11.1. The van der Waals surface area contributed by atoms with Crippen LogP contribution in [0.4, 0.5) is 13.2 Å². The Labute approximate surface area is 124 Å². The van der Waals surface area contributed by atoms with Gasteiger partial charge in [0.05, 0.1) is 11.1 Å². The number of hydrogen-bond donors (Lipinski definition) is 2. The average molecular weight is 308 g/mol. The third-order valence-corrected chi connectivity index (χ3v) is 2.97. The van der Waals surface area contributed by atoms with Gasteiger partial charge in [-0.25, -0.2) is 4.79 Å². The van der Waals surface area contributed by atoms with Gasteiger partial charge in [0.15, 0.2) is 0 Å². The smallest absolute Gasteiger partial charge is 0.416 e. The summed E-state index contributed by atoms with van der Waals surface area (Å²) in [6.45, 7) is 0. The molecule has 6 heteroatoms. The number of halogens is 3. The maximum absolute atomic E-state index is 12.9. The van der Waals surface area contributed by atoms with Gasteiger partial charge in [-0.05, 0) is 35.4 Å². The van der Waals surface area contributed by atoms with Crippen molar-refractivity contribution in [3.05, 3.63) is 65.2 Å². The summed E-state index contributed by atoms with van der Waals surface area (Å²) in [6.07, 6.45) is -3.61. The molecule has 0 fully saturated rings. The van der Waals surface area contributed by atoms with Gasteiger partial charge in [0, 0.05) is 0 Å². The van der Waals surface area contributed by atoms with Gasteiger partial charge in [-0.15, -0.1) is 0 Å². The van der Waals surface area contributed by atoms with E-state index in [4.69, 9.17) is 0 Å². The predicted octanol–water partition coefficient (Wildman–Crippen LogP) is 4.04. The first-order valence-corrected chi connectivity index (χ1v) is 6.19. The molecule has 2 rings (SSSR count). The molecule has 0 radical (unpaired) electrons. The van der Waals surface area contributed by atoms with Crippen molar-refractivity contribution in [2.24, 2.45) is 0 Å².